The summed E-state index contributed by atoms with van der Waals surface area (Å²) in [4.78, 5) is 23.9. The van der Waals surface area contributed by atoms with Crippen LogP contribution in [0.3, 0.4) is 0 Å². The van der Waals surface area contributed by atoms with Gasteiger partial charge in [0, 0.05) is 6.07 Å². The topological polar surface area (TPSA) is 52.6 Å². The summed E-state index contributed by atoms with van der Waals surface area (Å²) in [6.07, 6.45) is 5.41. The normalized spacial score (nSPS) is 11.5. The summed E-state index contributed by atoms with van der Waals surface area (Å²) < 4.78 is 10.6. The van der Waals surface area contributed by atoms with Crippen molar-refractivity contribution in [2.45, 2.75) is 41.5 Å². The van der Waals surface area contributed by atoms with E-state index in [9.17, 15) is 9.59 Å². The first-order chi connectivity index (χ1) is 9.95. The van der Waals surface area contributed by atoms with Crippen molar-refractivity contribution in [2.24, 2.45) is 10.8 Å². The zero-order valence-electron chi connectivity index (χ0n) is 13.9. The van der Waals surface area contributed by atoms with Crippen molar-refractivity contribution < 1.29 is 19.1 Å². The molecule has 0 bridgehead atoms. The summed E-state index contributed by atoms with van der Waals surface area (Å²) in [6.45, 7) is 10.5. The van der Waals surface area contributed by atoms with Gasteiger partial charge in [-0.05, 0) is 53.7 Å². The Morgan fingerprint density at radius 1 is 0.955 bits per heavy atom. The number of hydrogen-bond acceptors (Lipinski definition) is 4. The number of hydrogen-bond donors (Lipinski definition) is 0. The number of esters is 2. The zero-order chi connectivity index (χ0) is 17.1. The Bertz CT molecular complexity index is 622. The average molecular weight is 302 g/mol. The van der Waals surface area contributed by atoms with Crippen LogP contribution in [0.5, 0.6) is 11.5 Å². The molecule has 4 nitrogen and oxygen atoms in total. The maximum Gasteiger partial charge on any atom is 0.316 e. The number of terminal acetylenes is 1. The third-order valence-corrected chi connectivity index (χ3v) is 2.75. The first-order valence-corrected chi connectivity index (χ1v) is 7.00. The maximum atomic E-state index is 12.0. The van der Waals surface area contributed by atoms with E-state index in [1.54, 1.807) is 53.7 Å². The highest BCUT2D eigenvalue weighted by Gasteiger charge is 2.26. The minimum absolute atomic E-state index is 0.210. The first-order valence-electron chi connectivity index (χ1n) is 7.00. The van der Waals surface area contributed by atoms with E-state index in [1.807, 2.05) is 0 Å². The third-order valence-electron chi connectivity index (χ3n) is 2.75. The Morgan fingerprint density at radius 2 is 1.45 bits per heavy atom. The van der Waals surface area contributed by atoms with Gasteiger partial charge in [0.1, 0.15) is 11.5 Å². The lowest BCUT2D eigenvalue weighted by molar-refractivity contribution is -0.143. The SMILES string of the molecule is C#Cc1ccc(OC(=O)C(C)(C)C)cc1OC(=O)C(C)(C)C. The fourth-order valence-corrected chi connectivity index (χ4v) is 1.28. The monoisotopic (exact) mass is 302 g/mol. The Labute approximate surface area is 131 Å². The van der Waals surface area contributed by atoms with E-state index in [0.717, 1.165) is 0 Å². The van der Waals surface area contributed by atoms with Gasteiger partial charge in [-0.25, -0.2) is 0 Å². The number of rotatable bonds is 2. The molecule has 1 rings (SSSR count). The van der Waals surface area contributed by atoms with Gasteiger partial charge in [-0.3, -0.25) is 9.59 Å². The quantitative estimate of drug-likeness (QED) is 0.476. The molecular weight excluding hydrogens is 280 g/mol. The van der Waals surface area contributed by atoms with E-state index in [2.05, 4.69) is 5.92 Å². The highest BCUT2D eigenvalue weighted by Crippen LogP contribution is 2.28. The van der Waals surface area contributed by atoms with Gasteiger partial charge in [-0.1, -0.05) is 5.92 Å². The second kappa shape index (κ2) is 6.23. The molecule has 4 heteroatoms. The van der Waals surface area contributed by atoms with Crippen LogP contribution in [0.15, 0.2) is 18.2 Å². The molecule has 0 aliphatic carbocycles. The summed E-state index contributed by atoms with van der Waals surface area (Å²) in [5.74, 6) is 2.15. The van der Waals surface area contributed by atoms with Crippen LogP contribution in [0, 0.1) is 23.2 Å². The first kappa shape index (κ1) is 17.8. The van der Waals surface area contributed by atoms with E-state index in [4.69, 9.17) is 15.9 Å². The molecular formula is C18H22O4. The summed E-state index contributed by atoms with van der Waals surface area (Å²) in [5.41, 5.74) is -0.870. The highest BCUT2D eigenvalue weighted by molar-refractivity contribution is 5.80. The van der Waals surface area contributed by atoms with Gasteiger partial charge in [0.05, 0.1) is 16.4 Å². The standard InChI is InChI=1S/C18H22O4/c1-8-12-9-10-13(21-15(19)17(2,3)4)11-14(12)22-16(20)18(5,6)7/h1,9-11H,2-7H3. The van der Waals surface area contributed by atoms with Gasteiger partial charge >= 0.3 is 11.9 Å². The maximum absolute atomic E-state index is 12.0. The molecule has 0 unspecified atom stereocenters. The Balaban J connectivity index is 3.07. The molecule has 0 radical (unpaired) electrons. The number of carbonyl (C=O) groups excluding carboxylic acids is 2. The lowest BCUT2D eigenvalue weighted by Gasteiger charge is -2.19. The van der Waals surface area contributed by atoms with Crippen LogP contribution in [-0.4, -0.2) is 11.9 Å². The molecule has 22 heavy (non-hydrogen) atoms. The Kier molecular flexibility index (Phi) is 5.03. The predicted octanol–water partition coefficient (Wildman–Crippen LogP) is 3.57. The summed E-state index contributed by atoms with van der Waals surface area (Å²) in [5, 5.41) is 0. The molecule has 0 fully saturated rings. The molecule has 118 valence electrons. The van der Waals surface area contributed by atoms with Crippen molar-refractivity contribution in [3.05, 3.63) is 23.8 Å². The van der Waals surface area contributed by atoms with Crippen molar-refractivity contribution in [1.82, 2.24) is 0 Å². The second-order valence-electron chi connectivity index (χ2n) is 7.08. The van der Waals surface area contributed by atoms with E-state index < -0.39 is 16.8 Å². The van der Waals surface area contributed by atoms with Gasteiger partial charge in [0.15, 0.2) is 0 Å². The van der Waals surface area contributed by atoms with Crippen LogP contribution < -0.4 is 9.47 Å². The lowest BCUT2D eigenvalue weighted by Crippen LogP contribution is -2.26. The molecule has 0 spiro atoms. The number of ether oxygens (including phenoxy) is 2. The molecule has 0 heterocycles. The molecule has 0 aromatic heterocycles. The van der Waals surface area contributed by atoms with Crippen LogP contribution >= 0.6 is 0 Å². The van der Waals surface area contributed by atoms with Crippen LogP contribution in [0.2, 0.25) is 0 Å². The highest BCUT2D eigenvalue weighted by atomic mass is 16.5. The van der Waals surface area contributed by atoms with Crippen LogP contribution in [-0.2, 0) is 9.59 Å². The van der Waals surface area contributed by atoms with Gasteiger partial charge in [0.2, 0.25) is 0 Å². The van der Waals surface area contributed by atoms with Crippen molar-refractivity contribution in [3.8, 4) is 23.8 Å². The van der Waals surface area contributed by atoms with Crippen LogP contribution in [0.4, 0.5) is 0 Å². The molecule has 0 N–H and O–H groups in total. The second-order valence-corrected chi connectivity index (χ2v) is 7.08. The summed E-state index contributed by atoms with van der Waals surface area (Å²) >= 11 is 0. The van der Waals surface area contributed by atoms with E-state index in [1.165, 1.54) is 6.07 Å². The fourth-order valence-electron chi connectivity index (χ4n) is 1.28. The molecule has 1 aromatic rings. The predicted molar refractivity (Wildman–Crippen MR) is 84.6 cm³/mol. The van der Waals surface area contributed by atoms with Crippen LogP contribution in [0.25, 0.3) is 0 Å². The average Bonchev–Trinajstić information content (AvgIpc) is 2.36. The van der Waals surface area contributed by atoms with Crippen molar-refractivity contribution in [1.29, 1.82) is 0 Å². The lowest BCUT2D eigenvalue weighted by atomic mass is 9.97. The number of carbonyl (C=O) groups is 2. The Morgan fingerprint density at radius 3 is 1.91 bits per heavy atom. The van der Waals surface area contributed by atoms with Crippen molar-refractivity contribution >= 4 is 11.9 Å². The van der Waals surface area contributed by atoms with Gasteiger partial charge in [-0.2, -0.15) is 0 Å². The summed E-state index contributed by atoms with van der Waals surface area (Å²) in [6, 6.07) is 4.62. The van der Waals surface area contributed by atoms with Crippen molar-refractivity contribution in [3.63, 3.8) is 0 Å². The van der Waals surface area contributed by atoms with E-state index >= 15 is 0 Å². The smallest absolute Gasteiger partial charge is 0.316 e. The Hall–Kier alpha value is -2.28. The molecule has 0 saturated carbocycles. The minimum atomic E-state index is -0.663. The zero-order valence-corrected chi connectivity index (χ0v) is 13.9. The van der Waals surface area contributed by atoms with Gasteiger partial charge < -0.3 is 9.47 Å². The molecule has 1 aromatic carbocycles. The van der Waals surface area contributed by atoms with E-state index in [0.29, 0.717) is 5.56 Å². The largest absolute Gasteiger partial charge is 0.426 e. The van der Waals surface area contributed by atoms with E-state index in [-0.39, 0.29) is 17.5 Å². The van der Waals surface area contributed by atoms with Crippen molar-refractivity contribution in [2.75, 3.05) is 0 Å². The summed E-state index contributed by atoms with van der Waals surface area (Å²) in [7, 11) is 0. The molecule has 0 atom stereocenters. The van der Waals surface area contributed by atoms with Gasteiger partial charge in [-0.15, -0.1) is 6.42 Å². The fraction of sp³-hybridized carbons (Fsp3) is 0.444. The molecule has 0 amide bonds. The van der Waals surface area contributed by atoms with Gasteiger partial charge in [0.25, 0.3) is 0 Å². The molecule has 0 aliphatic rings. The minimum Gasteiger partial charge on any atom is -0.426 e. The third kappa shape index (κ3) is 4.63. The molecule has 0 aliphatic heterocycles. The van der Waals surface area contributed by atoms with Crippen LogP contribution in [0.1, 0.15) is 47.1 Å². The molecule has 0 saturated heterocycles. The number of benzene rings is 1.